The molecule has 2 amide bonds. The minimum absolute atomic E-state index is 0.114. The van der Waals surface area contributed by atoms with Gasteiger partial charge in [-0.1, -0.05) is 74.2 Å². The Hall–Kier alpha value is -2.58. The minimum Gasteiger partial charge on any atom is -0.352 e. The number of rotatable bonds is 11. The second-order valence-corrected chi connectivity index (χ2v) is 12.1. The maximum absolute atomic E-state index is 13.8. The third-order valence-corrected chi connectivity index (χ3v) is 8.30. The molecule has 1 fully saturated rings. The molecule has 0 saturated heterocycles. The Balaban J connectivity index is 1.88. The standard InChI is InChI=1S/C28H38ClN3O4S/c1-4-25(28(34)30-24-13-9-6-10-14-24)31(18-17-22-11-7-5-8-12-22)27(33)20-32(37(3,35)36)26-19-23(29)16-15-21(26)2/h5,7-8,11-12,15-16,19,24-25H,4,6,9-10,13-14,17-18,20H2,1-3H3,(H,30,34)/t25-/m1/s1. The number of carbonyl (C=O) groups is 2. The summed E-state index contributed by atoms with van der Waals surface area (Å²) in [5, 5.41) is 3.53. The van der Waals surface area contributed by atoms with Crippen molar-refractivity contribution in [3.63, 3.8) is 0 Å². The number of amides is 2. The van der Waals surface area contributed by atoms with Crippen LogP contribution >= 0.6 is 11.6 Å². The summed E-state index contributed by atoms with van der Waals surface area (Å²) in [5.74, 6) is -0.605. The number of hydrogen-bond donors (Lipinski definition) is 1. The Morgan fingerprint density at radius 1 is 1.08 bits per heavy atom. The van der Waals surface area contributed by atoms with Gasteiger partial charge in [-0.15, -0.1) is 0 Å². The molecule has 0 bridgehead atoms. The van der Waals surface area contributed by atoms with Gasteiger partial charge >= 0.3 is 0 Å². The van der Waals surface area contributed by atoms with Crippen LogP contribution in [0, 0.1) is 6.92 Å². The third-order valence-electron chi connectivity index (χ3n) is 6.94. The van der Waals surface area contributed by atoms with Crippen molar-refractivity contribution in [2.24, 2.45) is 0 Å². The molecule has 1 saturated carbocycles. The number of halogens is 1. The Kier molecular flexibility index (Phi) is 10.4. The first-order chi connectivity index (χ1) is 17.6. The fourth-order valence-electron chi connectivity index (χ4n) is 4.89. The van der Waals surface area contributed by atoms with Crippen LogP contribution in [-0.4, -0.2) is 56.6 Å². The van der Waals surface area contributed by atoms with Gasteiger partial charge in [-0.2, -0.15) is 0 Å². The summed E-state index contributed by atoms with van der Waals surface area (Å²) < 4.78 is 26.7. The van der Waals surface area contributed by atoms with Crippen molar-refractivity contribution < 1.29 is 18.0 Å². The summed E-state index contributed by atoms with van der Waals surface area (Å²) in [5.41, 5.74) is 2.07. The van der Waals surface area contributed by atoms with E-state index in [4.69, 9.17) is 11.6 Å². The number of nitrogens with zero attached hydrogens (tertiary/aromatic N) is 2. The summed E-state index contributed by atoms with van der Waals surface area (Å²) in [6.45, 7) is 3.53. The first kappa shape index (κ1) is 29.0. The van der Waals surface area contributed by atoms with Crippen molar-refractivity contribution in [2.45, 2.75) is 70.9 Å². The normalized spacial score (nSPS) is 15.1. The van der Waals surface area contributed by atoms with E-state index in [1.807, 2.05) is 37.3 Å². The third kappa shape index (κ3) is 8.20. The largest absolute Gasteiger partial charge is 0.352 e. The van der Waals surface area contributed by atoms with E-state index in [-0.39, 0.29) is 11.9 Å². The van der Waals surface area contributed by atoms with E-state index in [1.165, 1.54) is 6.42 Å². The van der Waals surface area contributed by atoms with Crippen LogP contribution in [0.2, 0.25) is 5.02 Å². The molecular formula is C28H38ClN3O4S. The van der Waals surface area contributed by atoms with E-state index in [0.717, 1.165) is 41.8 Å². The van der Waals surface area contributed by atoms with Crippen LogP contribution in [0.15, 0.2) is 48.5 Å². The van der Waals surface area contributed by atoms with Gasteiger partial charge in [0.15, 0.2) is 0 Å². The van der Waals surface area contributed by atoms with E-state index in [2.05, 4.69) is 5.32 Å². The van der Waals surface area contributed by atoms with Crippen molar-refractivity contribution in [3.8, 4) is 0 Å². The van der Waals surface area contributed by atoms with Gasteiger partial charge in [0, 0.05) is 17.6 Å². The molecule has 3 rings (SSSR count). The lowest BCUT2D eigenvalue weighted by atomic mass is 9.95. The highest BCUT2D eigenvalue weighted by Gasteiger charge is 2.32. The quantitative estimate of drug-likeness (QED) is 0.441. The molecule has 0 radical (unpaired) electrons. The van der Waals surface area contributed by atoms with E-state index >= 15 is 0 Å². The number of nitrogens with one attached hydrogen (secondary N) is 1. The van der Waals surface area contributed by atoms with Crippen LogP contribution in [0.3, 0.4) is 0 Å². The molecule has 0 aromatic heterocycles. The number of anilines is 1. The lowest BCUT2D eigenvalue weighted by molar-refractivity contribution is -0.140. The van der Waals surface area contributed by atoms with Crippen LogP contribution in [0.1, 0.15) is 56.6 Å². The summed E-state index contributed by atoms with van der Waals surface area (Å²) in [6, 6.07) is 14.1. The summed E-state index contributed by atoms with van der Waals surface area (Å²) in [7, 11) is -3.80. The zero-order valence-electron chi connectivity index (χ0n) is 22.0. The van der Waals surface area contributed by atoms with E-state index in [9.17, 15) is 18.0 Å². The second-order valence-electron chi connectivity index (χ2n) is 9.79. The maximum atomic E-state index is 13.8. The molecule has 9 heteroatoms. The highest BCUT2D eigenvalue weighted by Crippen LogP contribution is 2.27. The molecule has 2 aromatic carbocycles. The first-order valence-corrected chi connectivity index (χ1v) is 15.2. The molecule has 37 heavy (non-hydrogen) atoms. The van der Waals surface area contributed by atoms with Gasteiger partial charge in [-0.3, -0.25) is 13.9 Å². The molecule has 1 N–H and O–H groups in total. The summed E-state index contributed by atoms with van der Waals surface area (Å²) in [6.07, 6.45) is 7.27. The van der Waals surface area contributed by atoms with Gasteiger partial charge < -0.3 is 10.2 Å². The van der Waals surface area contributed by atoms with E-state index in [1.54, 1.807) is 30.0 Å². The summed E-state index contributed by atoms with van der Waals surface area (Å²) in [4.78, 5) is 28.7. The molecule has 0 heterocycles. The van der Waals surface area contributed by atoms with Crippen molar-refractivity contribution in [2.75, 3.05) is 23.7 Å². The van der Waals surface area contributed by atoms with Gasteiger partial charge in [0.2, 0.25) is 21.8 Å². The Bertz CT molecular complexity index is 1170. The lowest BCUT2D eigenvalue weighted by Crippen LogP contribution is -2.54. The molecule has 2 aromatic rings. The van der Waals surface area contributed by atoms with Crippen molar-refractivity contribution >= 4 is 39.1 Å². The minimum atomic E-state index is -3.80. The molecule has 1 aliphatic rings. The van der Waals surface area contributed by atoms with Gasteiger partial charge in [0.05, 0.1) is 11.9 Å². The van der Waals surface area contributed by atoms with Crippen molar-refractivity contribution in [3.05, 3.63) is 64.7 Å². The van der Waals surface area contributed by atoms with Gasteiger partial charge in [0.25, 0.3) is 0 Å². The summed E-state index contributed by atoms with van der Waals surface area (Å²) >= 11 is 6.16. The van der Waals surface area contributed by atoms with Crippen LogP contribution in [-0.2, 0) is 26.0 Å². The SMILES string of the molecule is CC[C@H](C(=O)NC1CCCCC1)N(CCc1ccccc1)C(=O)CN(c1cc(Cl)ccc1C)S(C)(=O)=O. The number of aryl methyl sites for hydroxylation is 1. The number of carbonyl (C=O) groups excluding carboxylic acids is 2. The predicted molar refractivity (Wildman–Crippen MR) is 149 cm³/mol. The topological polar surface area (TPSA) is 86.8 Å². The fraction of sp³-hybridized carbons (Fsp3) is 0.500. The van der Waals surface area contributed by atoms with Gasteiger partial charge in [-0.05, 0) is 55.9 Å². The molecule has 202 valence electrons. The van der Waals surface area contributed by atoms with E-state index in [0.29, 0.717) is 35.7 Å². The molecule has 0 spiro atoms. The maximum Gasteiger partial charge on any atom is 0.244 e. The molecule has 1 aliphatic carbocycles. The molecule has 0 unspecified atom stereocenters. The molecule has 7 nitrogen and oxygen atoms in total. The predicted octanol–water partition coefficient (Wildman–Crippen LogP) is 4.71. The average Bonchev–Trinajstić information content (AvgIpc) is 2.87. The first-order valence-electron chi connectivity index (χ1n) is 13.0. The highest BCUT2D eigenvalue weighted by atomic mass is 35.5. The van der Waals surface area contributed by atoms with Crippen molar-refractivity contribution in [1.29, 1.82) is 0 Å². The Morgan fingerprint density at radius 3 is 2.38 bits per heavy atom. The molecular weight excluding hydrogens is 510 g/mol. The zero-order chi connectivity index (χ0) is 27.0. The lowest BCUT2D eigenvalue weighted by Gasteiger charge is -2.34. The molecule has 0 aliphatic heterocycles. The number of benzene rings is 2. The van der Waals surface area contributed by atoms with Crippen LogP contribution in [0.25, 0.3) is 0 Å². The van der Waals surface area contributed by atoms with Crippen LogP contribution in [0.5, 0.6) is 0 Å². The second kappa shape index (κ2) is 13.3. The number of sulfonamides is 1. The van der Waals surface area contributed by atoms with Gasteiger partial charge in [-0.25, -0.2) is 8.42 Å². The van der Waals surface area contributed by atoms with E-state index < -0.39 is 28.5 Å². The number of hydrogen-bond acceptors (Lipinski definition) is 4. The monoisotopic (exact) mass is 547 g/mol. The highest BCUT2D eigenvalue weighted by molar-refractivity contribution is 7.92. The smallest absolute Gasteiger partial charge is 0.244 e. The molecule has 1 atom stereocenters. The van der Waals surface area contributed by atoms with Gasteiger partial charge in [0.1, 0.15) is 12.6 Å². The Labute approximate surface area is 226 Å². The Morgan fingerprint density at radius 2 is 1.76 bits per heavy atom. The fourth-order valence-corrected chi connectivity index (χ4v) is 5.95. The zero-order valence-corrected chi connectivity index (χ0v) is 23.5. The van der Waals surface area contributed by atoms with Crippen molar-refractivity contribution in [1.82, 2.24) is 10.2 Å². The van der Waals surface area contributed by atoms with Crippen LogP contribution < -0.4 is 9.62 Å². The van der Waals surface area contributed by atoms with Crippen LogP contribution in [0.4, 0.5) is 5.69 Å². The average molecular weight is 548 g/mol.